The van der Waals surface area contributed by atoms with Crippen molar-refractivity contribution < 1.29 is 14.3 Å². The molecular formula is C23H29NO3. The van der Waals surface area contributed by atoms with Crippen molar-refractivity contribution in [3.05, 3.63) is 65.2 Å². The molecule has 0 aliphatic carbocycles. The fourth-order valence-electron chi connectivity index (χ4n) is 2.73. The summed E-state index contributed by atoms with van der Waals surface area (Å²) in [5, 5.41) is 2.97. The van der Waals surface area contributed by atoms with Crippen molar-refractivity contribution in [2.24, 2.45) is 0 Å². The van der Waals surface area contributed by atoms with E-state index in [1.54, 1.807) is 20.3 Å². The van der Waals surface area contributed by atoms with Gasteiger partial charge >= 0.3 is 0 Å². The fraction of sp³-hybridized carbons (Fsp3) is 0.348. The van der Waals surface area contributed by atoms with E-state index in [1.807, 2.05) is 43.3 Å². The number of nitrogens with one attached hydrogen (secondary N) is 1. The number of hydrogen-bond acceptors (Lipinski definition) is 3. The van der Waals surface area contributed by atoms with Gasteiger partial charge in [0.25, 0.3) is 0 Å². The fourth-order valence-corrected chi connectivity index (χ4v) is 2.73. The number of methoxy groups -OCH3 is 2. The van der Waals surface area contributed by atoms with Gasteiger partial charge in [-0.05, 0) is 47.2 Å². The lowest BCUT2D eigenvalue weighted by molar-refractivity contribution is -0.117. The van der Waals surface area contributed by atoms with Crippen LogP contribution in [0.4, 0.5) is 0 Å². The van der Waals surface area contributed by atoms with Crippen LogP contribution in [0.15, 0.2) is 48.5 Å². The second-order valence-electron chi connectivity index (χ2n) is 7.55. The van der Waals surface area contributed by atoms with Gasteiger partial charge in [0, 0.05) is 6.08 Å². The molecule has 2 rings (SSSR count). The van der Waals surface area contributed by atoms with Crippen LogP contribution in [0.3, 0.4) is 0 Å². The minimum Gasteiger partial charge on any atom is -0.493 e. The van der Waals surface area contributed by atoms with Crippen molar-refractivity contribution in [3.63, 3.8) is 0 Å². The lowest BCUT2D eigenvalue weighted by Crippen LogP contribution is -2.24. The summed E-state index contributed by atoms with van der Waals surface area (Å²) in [6.07, 6.45) is 3.38. The van der Waals surface area contributed by atoms with Gasteiger partial charge in [0.2, 0.25) is 5.91 Å². The van der Waals surface area contributed by atoms with Crippen LogP contribution in [0.2, 0.25) is 0 Å². The first-order chi connectivity index (χ1) is 12.7. The highest BCUT2D eigenvalue weighted by atomic mass is 16.5. The predicted molar refractivity (Wildman–Crippen MR) is 110 cm³/mol. The van der Waals surface area contributed by atoms with Gasteiger partial charge in [-0.1, -0.05) is 51.1 Å². The maximum atomic E-state index is 12.3. The second kappa shape index (κ2) is 8.76. The summed E-state index contributed by atoms with van der Waals surface area (Å²) in [5.41, 5.74) is 3.33. The van der Waals surface area contributed by atoms with Crippen LogP contribution in [0.1, 0.15) is 50.4 Å². The number of carbonyl (C=O) groups excluding carboxylic acids is 1. The van der Waals surface area contributed by atoms with E-state index in [2.05, 4.69) is 38.2 Å². The summed E-state index contributed by atoms with van der Waals surface area (Å²) in [6.45, 7) is 8.48. The van der Waals surface area contributed by atoms with E-state index in [4.69, 9.17) is 9.47 Å². The molecule has 1 amide bonds. The van der Waals surface area contributed by atoms with Gasteiger partial charge in [0.1, 0.15) is 0 Å². The first kappa shape index (κ1) is 20.6. The van der Waals surface area contributed by atoms with Crippen LogP contribution in [0, 0.1) is 0 Å². The Hall–Kier alpha value is -2.75. The summed E-state index contributed by atoms with van der Waals surface area (Å²) in [6, 6.07) is 13.7. The molecule has 0 radical (unpaired) electrons. The Bertz CT molecular complexity index is 801. The zero-order valence-corrected chi connectivity index (χ0v) is 17.0. The van der Waals surface area contributed by atoms with Crippen molar-refractivity contribution in [1.29, 1.82) is 0 Å². The van der Waals surface area contributed by atoms with Crippen molar-refractivity contribution in [2.75, 3.05) is 14.2 Å². The van der Waals surface area contributed by atoms with Gasteiger partial charge in [-0.15, -0.1) is 0 Å². The van der Waals surface area contributed by atoms with Crippen molar-refractivity contribution in [1.82, 2.24) is 5.32 Å². The van der Waals surface area contributed by atoms with Crippen molar-refractivity contribution >= 4 is 12.0 Å². The molecule has 2 aromatic carbocycles. The van der Waals surface area contributed by atoms with E-state index in [9.17, 15) is 4.79 Å². The third kappa shape index (κ3) is 5.61. The minimum atomic E-state index is -0.148. The topological polar surface area (TPSA) is 47.6 Å². The van der Waals surface area contributed by atoms with Crippen LogP contribution in [-0.2, 0) is 10.2 Å². The van der Waals surface area contributed by atoms with E-state index < -0.39 is 0 Å². The van der Waals surface area contributed by atoms with Crippen molar-refractivity contribution in [2.45, 2.75) is 39.2 Å². The maximum absolute atomic E-state index is 12.3. The maximum Gasteiger partial charge on any atom is 0.244 e. The zero-order chi connectivity index (χ0) is 20.0. The normalized spacial score (nSPS) is 12.7. The van der Waals surface area contributed by atoms with E-state index in [-0.39, 0.29) is 17.4 Å². The Labute approximate surface area is 162 Å². The van der Waals surface area contributed by atoms with Gasteiger partial charge in [-0.25, -0.2) is 0 Å². The Kier molecular flexibility index (Phi) is 6.67. The molecule has 0 spiro atoms. The van der Waals surface area contributed by atoms with Crippen LogP contribution in [-0.4, -0.2) is 20.1 Å². The third-order valence-corrected chi connectivity index (χ3v) is 4.47. The molecule has 4 nitrogen and oxygen atoms in total. The Morgan fingerprint density at radius 1 is 1.00 bits per heavy atom. The molecule has 0 bridgehead atoms. The smallest absolute Gasteiger partial charge is 0.244 e. The van der Waals surface area contributed by atoms with Crippen LogP contribution >= 0.6 is 0 Å². The molecule has 144 valence electrons. The molecule has 2 aromatic rings. The van der Waals surface area contributed by atoms with E-state index in [0.29, 0.717) is 11.5 Å². The number of carbonyl (C=O) groups is 1. The molecule has 0 saturated carbocycles. The summed E-state index contributed by atoms with van der Waals surface area (Å²) >= 11 is 0. The quantitative estimate of drug-likeness (QED) is 0.739. The summed E-state index contributed by atoms with van der Waals surface area (Å²) in [5.74, 6) is 1.17. The van der Waals surface area contributed by atoms with E-state index >= 15 is 0 Å². The molecule has 1 N–H and O–H groups in total. The number of hydrogen-bond donors (Lipinski definition) is 1. The first-order valence-electron chi connectivity index (χ1n) is 9.05. The molecule has 0 aromatic heterocycles. The highest BCUT2D eigenvalue weighted by Gasteiger charge is 2.13. The lowest BCUT2D eigenvalue weighted by atomic mass is 9.87. The van der Waals surface area contributed by atoms with E-state index in [0.717, 1.165) is 11.1 Å². The molecule has 0 unspecified atom stereocenters. The minimum absolute atomic E-state index is 0.120. The van der Waals surface area contributed by atoms with Crippen LogP contribution < -0.4 is 14.8 Å². The largest absolute Gasteiger partial charge is 0.493 e. The Morgan fingerprint density at radius 3 is 2.19 bits per heavy atom. The molecule has 0 fully saturated rings. The van der Waals surface area contributed by atoms with Gasteiger partial charge in [0.15, 0.2) is 11.5 Å². The number of amides is 1. The monoisotopic (exact) mass is 367 g/mol. The summed E-state index contributed by atoms with van der Waals surface area (Å²) in [4.78, 5) is 12.3. The highest BCUT2D eigenvalue weighted by molar-refractivity contribution is 5.92. The highest BCUT2D eigenvalue weighted by Crippen LogP contribution is 2.29. The van der Waals surface area contributed by atoms with Crippen molar-refractivity contribution in [3.8, 4) is 11.5 Å². The SMILES string of the molecule is COc1ccc([C@H](C)NC(=O)/C=C/c2ccc(C(C)(C)C)cc2)cc1OC. The van der Waals surface area contributed by atoms with Gasteiger partial charge in [-0.2, -0.15) is 0 Å². The van der Waals surface area contributed by atoms with Crippen LogP contribution in [0.25, 0.3) is 6.08 Å². The molecule has 0 aliphatic rings. The molecule has 4 heteroatoms. The zero-order valence-electron chi connectivity index (χ0n) is 17.0. The lowest BCUT2D eigenvalue weighted by Gasteiger charge is -2.18. The van der Waals surface area contributed by atoms with Gasteiger partial charge < -0.3 is 14.8 Å². The average molecular weight is 367 g/mol. The molecule has 0 heterocycles. The Balaban J connectivity index is 2.01. The summed E-state index contributed by atoms with van der Waals surface area (Å²) in [7, 11) is 3.19. The van der Waals surface area contributed by atoms with Crippen LogP contribution in [0.5, 0.6) is 11.5 Å². The number of rotatable bonds is 6. The standard InChI is InChI=1S/C23H29NO3/c1-16(18-10-13-20(26-5)21(15-18)27-6)24-22(25)14-9-17-7-11-19(12-8-17)23(2,3)4/h7-16H,1-6H3,(H,24,25)/b14-9+/t16-/m0/s1. The molecule has 1 atom stereocenters. The van der Waals surface area contributed by atoms with Gasteiger partial charge in [0.05, 0.1) is 20.3 Å². The average Bonchev–Trinajstić information content (AvgIpc) is 2.65. The van der Waals surface area contributed by atoms with Gasteiger partial charge in [-0.3, -0.25) is 4.79 Å². The first-order valence-corrected chi connectivity index (χ1v) is 9.05. The predicted octanol–water partition coefficient (Wildman–Crippen LogP) is 4.89. The third-order valence-electron chi connectivity index (χ3n) is 4.47. The summed E-state index contributed by atoms with van der Waals surface area (Å²) < 4.78 is 10.6. The molecular weight excluding hydrogens is 338 g/mol. The number of benzene rings is 2. The van der Waals surface area contributed by atoms with E-state index in [1.165, 1.54) is 5.56 Å². The molecule has 0 saturated heterocycles. The number of ether oxygens (including phenoxy) is 2. The second-order valence-corrected chi connectivity index (χ2v) is 7.55. The molecule has 27 heavy (non-hydrogen) atoms. The molecule has 0 aliphatic heterocycles. The Morgan fingerprint density at radius 2 is 1.63 bits per heavy atom.